The summed E-state index contributed by atoms with van der Waals surface area (Å²) >= 11 is 12.2. The number of ether oxygens (including phenoxy) is 1. The van der Waals surface area contributed by atoms with Gasteiger partial charge in [0.25, 0.3) is 15.9 Å². The Hall–Kier alpha value is -3.58. The predicted octanol–water partition coefficient (Wildman–Crippen LogP) is 4.24. The minimum Gasteiger partial charge on any atom is -0.479 e. The maximum absolute atomic E-state index is 13.3. The van der Waals surface area contributed by atoms with Gasteiger partial charge in [-0.15, -0.1) is 0 Å². The first-order chi connectivity index (χ1) is 16.3. The van der Waals surface area contributed by atoms with Crippen molar-refractivity contribution in [3.8, 4) is 11.8 Å². The van der Waals surface area contributed by atoms with Gasteiger partial charge in [0.1, 0.15) is 18.4 Å². The summed E-state index contributed by atoms with van der Waals surface area (Å²) in [4.78, 5) is 12.6. The molecule has 0 fully saturated rings. The van der Waals surface area contributed by atoms with Crippen LogP contribution in [0.1, 0.15) is 5.56 Å². The van der Waals surface area contributed by atoms with E-state index in [1.165, 1.54) is 36.5 Å². The number of hydrogen-bond acceptors (Lipinski definition) is 6. The highest BCUT2D eigenvalue weighted by molar-refractivity contribution is 7.92. The first kappa shape index (κ1) is 25.1. The predicted molar refractivity (Wildman–Crippen MR) is 131 cm³/mol. The van der Waals surface area contributed by atoms with Crippen molar-refractivity contribution in [1.29, 1.82) is 5.26 Å². The van der Waals surface area contributed by atoms with Crippen LogP contribution in [0.25, 0.3) is 0 Å². The smallest absolute Gasteiger partial charge is 0.264 e. The Morgan fingerprint density at radius 2 is 1.79 bits per heavy atom. The summed E-state index contributed by atoms with van der Waals surface area (Å²) in [6.07, 6.45) is 1.39. The van der Waals surface area contributed by atoms with Crippen LogP contribution < -0.4 is 14.5 Å². The van der Waals surface area contributed by atoms with Crippen LogP contribution in [0.2, 0.25) is 10.0 Å². The lowest BCUT2D eigenvalue weighted by Gasteiger charge is -2.24. The summed E-state index contributed by atoms with van der Waals surface area (Å²) in [5, 5.41) is 12.8. The van der Waals surface area contributed by atoms with Gasteiger partial charge in [-0.2, -0.15) is 10.4 Å². The van der Waals surface area contributed by atoms with Gasteiger partial charge >= 0.3 is 0 Å². The summed E-state index contributed by atoms with van der Waals surface area (Å²) in [5.41, 5.74) is 3.07. The van der Waals surface area contributed by atoms with Gasteiger partial charge in [0.05, 0.1) is 21.8 Å². The zero-order valence-electron chi connectivity index (χ0n) is 17.6. The number of carbonyl (C=O) groups excluding carboxylic acids is 1. The molecule has 0 saturated carbocycles. The maximum Gasteiger partial charge on any atom is 0.264 e. The molecule has 11 heteroatoms. The average molecular weight is 517 g/mol. The van der Waals surface area contributed by atoms with Crippen molar-refractivity contribution in [1.82, 2.24) is 5.43 Å². The molecule has 3 rings (SSSR count). The van der Waals surface area contributed by atoms with Crippen molar-refractivity contribution in [3.05, 3.63) is 88.4 Å². The van der Waals surface area contributed by atoms with Crippen molar-refractivity contribution in [3.63, 3.8) is 0 Å². The van der Waals surface area contributed by atoms with E-state index in [0.717, 1.165) is 4.31 Å². The van der Waals surface area contributed by atoms with Crippen LogP contribution >= 0.6 is 23.2 Å². The fourth-order valence-corrected chi connectivity index (χ4v) is 4.83. The van der Waals surface area contributed by atoms with E-state index in [9.17, 15) is 13.2 Å². The summed E-state index contributed by atoms with van der Waals surface area (Å²) in [7, 11) is -4.12. The highest BCUT2D eigenvalue weighted by Gasteiger charge is 2.28. The number of nitrogens with one attached hydrogen (secondary N) is 1. The molecule has 0 atom stereocenters. The van der Waals surface area contributed by atoms with Gasteiger partial charge < -0.3 is 4.74 Å². The molecule has 0 saturated heterocycles. The SMILES string of the molecule is N#CCOc1ccc(/C=N\NC(=O)CN(c2ccc(Cl)cc2Cl)S(=O)(=O)c2ccccc2)cc1. The van der Waals surface area contributed by atoms with E-state index >= 15 is 0 Å². The van der Waals surface area contributed by atoms with Crippen LogP contribution in [0.4, 0.5) is 5.69 Å². The fourth-order valence-electron chi connectivity index (χ4n) is 2.81. The topological polar surface area (TPSA) is 112 Å². The number of nitrogens with zero attached hydrogens (tertiary/aromatic N) is 3. The lowest BCUT2D eigenvalue weighted by Crippen LogP contribution is -2.39. The standard InChI is InChI=1S/C23H18Cl2N4O4S/c24-18-8-11-22(21(25)14-18)29(34(31,32)20-4-2-1-3-5-20)16-23(30)28-27-15-17-6-9-19(10-7-17)33-13-12-26/h1-11,14-15H,13,16H2,(H,28,30)/b27-15-. The zero-order valence-corrected chi connectivity index (χ0v) is 19.9. The van der Waals surface area contributed by atoms with Crippen molar-refractivity contribution in [2.45, 2.75) is 4.90 Å². The summed E-state index contributed by atoms with van der Waals surface area (Å²) in [6, 6.07) is 20.5. The summed E-state index contributed by atoms with van der Waals surface area (Å²) in [5.74, 6) is -0.167. The Labute approximate surface area is 207 Å². The Balaban J connectivity index is 1.78. The Bertz CT molecular complexity index is 1330. The Morgan fingerprint density at radius 3 is 2.44 bits per heavy atom. The van der Waals surface area contributed by atoms with E-state index in [2.05, 4.69) is 10.5 Å². The molecule has 3 aromatic carbocycles. The molecule has 0 aliphatic heterocycles. The number of amides is 1. The van der Waals surface area contributed by atoms with Crippen LogP contribution in [0.15, 0.2) is 82.8 Å². The first-order valence-corrected chi connectivity index (χ1v) is 12.0. The van der Waals surface area contributed by atoms with Crippen LogP contribution in [0.3, 0.4) is 0 Å². The van der Waals surface area contributed by atoms with Gasteiger partial charge in [0.15, 0.2) is 6.61 Å². The minimum absolute atomic E-state index is 0.00368. The lowest BCUT2D eigenvalue weighted by molar-refractivity contribution is -0.119. The number of hydrazone groups is 1. The molecule has 0 bridgehead atoms. The molecule has 0 aromatic heterocycles. The van der Waals surface area contributed by atoms with Crippen LogP contribution in [0.5, 0.6) is 5.75 Å². The van der Waals surface area contributed by atoms with E-state index in [-0.39, 0.29) is 22.2 Å². The molecule has 0 radical (unpaired) electrons. The van der Waals surface area contributed by atoms with Gasteiger partial charge in [-0.1, -0.05) is 41.4 Å². The Morgan fingerprint density at radius 1 is 1.09 bits per heavy atom. The van der Waals surface area contributed by atoms with Gasteiger partial charge in [0.2, 0.25) is 0 Å². The van der Waals surface area contributed by atoms with Crippen LogP contribution in [-0.2, 0) is 14.8 Å². The number of benzene rings is 3. The van der Waals surface area contributed by atoms with Crippen LogP contribution in [-0.4, -0.2) is 33.7 Å². The van der Waals surface area contributed by atoms with Gasteiger partial charge in [-0.25, -0.2) is 13.8 Å². The highest BCUT2D eigenvalue weighted by atomic mass is 35.5. The number of sulfonamides is 1. The van der Waals surface area contributed by atoms with Crippen molar-refractivity contribution in [2.75, 3.05) is 17.5 Å². The number of nitriles is 1. The average Bonchev–Trinajstić information content (AvgIpc) is 2.83. The summed E-state index contributed by atoms with van der Waals surface area (Å²) in [6.45, 7) is -0.639. The summed E-state index contributed by atoms with van der Waals surface area (Å²) < 4.78 is 32.6. The molecular formula is C23H18Cl2N4O4S. The van der Waals surface area contributed by atoms with Crippen molar-refractivity contribution < 1.29 is 17.9 Å². The van der Waals surface area contributed by atoms with E-state index in [1.54, 1.807) is 42.5 Å². The van der Waals surface area contributed by atoms with Gasteiger partial charge in [-0.3, -0.25) is 9.10 Å². The van der Waals surface area contributed by atoms with Crippen molar-refractivity contribution >= 4 is 51.0 Å². The second-order valence-corrected chi connectivity index (χ2v) is 9.44. The van der Waals surface area contributed by atoms with Crippen LogP contribution in [0, 0.1) is 11.3 Å². The molecule has 0 unspecified atom stereocenters. The molecule has 3 aromatic rings. The van der Waals surface area contributed by atoms with Gasteiger partial charge in [0, 0.05) is 5.02 Å². The number of halogens is 2. The molecule has 0 spiro atoms. The molecule has 1 amide bonds. The molecule has 1 N–H and O–H groups in total. The zero-order chi connectivity index (χ0) is 24.6. The van der Waals surface area contributed by atoms with Crippen molar-refractivity contribution in [2.24, 2.45) is 5.10 Å². The quantitative estimate of drug-likeness (QED) is 0.337. The monoisotopic (exact) mass is 516 g/mol. The highest BCUT2D eigenvalue weighted by Crippen LogP contribution is 2.32. The number of carbonyl (C=O) groups is 1. The fraction of sp³-hybridized carbons (Fsp3) is 0.0870. The number of rotatable bonds is 9. The third-order valence-corrected chi connectivity index (χ3v) is 6.69. The second-order valence-electron chi connectivity index (χ2n) is 6.73. The van der Waals surface area contributed by atoms with E-state index in [0.29, 0.717) is 16.3 Å². The van der Waals surface area contributed by atoms with E-state index in [4.69, 9.17) is 33.2 Å². The third-order valence-electron chi connectivity index (χ3n) is 4.38. The molecular weight excluding hydrogens is 499 g/mol. The molecule has 174 valence electrons. The lowest BCUT2D eigenvalue weighted by atomic mass is 10.2. The normalized spacial score (nSPS) is 11.1. The largest absolute Gasteiger partial charge is 0.479 e. The molecule has 0 aliphatic rings. The second kappa shape index (κ2) is 11.5. The third kappa shape index (κ3) is 6.48. The molecule has 0 aliphatic carbocycles. The minimum atomic E-state index is -4.12. The molecule has 0 heterocycles. The maximum atomic E-state index is 13.3. The van der Waals surface area contributed by atoms with E-state index in [1.807, 2.05) is 6.07 Å². The number of hydrogen-bond donors (Lipinski definition) is 1. The first-order valence-electron chi connectivity index (χ1n) is 9.76. The van der Waals surface area contributed by atoms with E-state index < -0.39 is 22.5 Å². The Kier molecular flexibility index (Phi) is 8.49. The molecule has 8 nitrogen and oxygen atoms in total. The number of anilines is 1. The van der Waals surface area contributed by atoms with Gasteiger partial charge in [-0.05, 0) is 60.2 Å². The molecule has 34 heavy (non-hydrogen) atoms.